The van der Waals surface area contributed by atoms with Crippen LogP contribution in [0.3, 0.4) is 0 Å². The molecule has 0 unspecified atom stereocenters. The Kier molecular flexibility index (Phi) is 5.03. The second-order valence-electron chi connectivity index (χ2n) is 8.69. The number of H-pyrrole nitrogens is 1. The van der Waals surface area contributed by atoms with E-state index < -0.39 is 11.2 Å². The number of imidazole rings is 1. The van der Waals surface area contributed by atoms with Crippen molar-refractivity contribution < 1.29 is 0 Å². The number of nitrogens with one attached hydrogen (secondary N) is 2. The van der Waals surface area contributed by atoms with Crippen molar-refractivity contribution in [2.75, 3.05) is 5.32 Å². The molecule has 0 bridgehead atoms. The lowest BCUT2D eigenvalue weighted by Gasteiger charge is -2.08. The Morgan fingerprint density at radius 3 is 2.47 bits per heavy atom. The highest BCUT2D eigenvalue weighted by Crippen LogP contribution is 2.29. The van der Waals surface area contributed by atoms with Crippen LogP contribution in [0.1, 0.15) is 5.69 Å². The first-order valence-corrected chi connectivity index (χ1v) is 11.5. The van der Waals surface area contributed by atoms with E-state index in [1.807, 2.05) is 36.4 Å². The van der Waals surface area contributed by atoms with Crippen LogP contribution < -0.4 is 16.6 Å². The molecule has 0 spiro atoms. The normalized spacial score (nSPS) is 11.4. The molecule has 178 valence electrons. The van der Waals surface area contributed by atoms with Crippen molar-refractivity contribution >= 4 is 33.7 Å². The molecule has 0 fully saturated rings. The van der Waals surface area contributed by atoms with Crippen molar-refractivity contribution in [3.63, 3.8) is 0 Å². The van der Waals surface area contributed by atoms with Crippen LogP contribution in [0.5, 0.6) is 0 Å². The fourth-order valence-corrected chi connectivity index (χ4v) is 4.60. The van der Waals surface area contributed by atoms with Gasteiger partial charge in [0.1, 0.15) is 0 Å². The van der Waals surface area contributed by atoms with E-state index in [2.05, 4.69) is 38.5 Å². The van der Waals surface area contributed by atoms with Crippen molar-refractivity contribution in [2.45, 2.75) is 6.54 Å². The maximum absolute atomic E-state index is 13.5. The minimum absolute atomic E-state index is 0.114. The Morgan fingerprint density at radius 1 is 0.917 bits per heavy atom. The zero-order chi connectivity index (χ0) is 24.8. The predicted octanol–water partition coefficient (Wildman–Crippen LogP) is 3.77. The summed E-state index contributed by atoms with van der Waals surface area (Å²) < 4.78 is 4.33. The highest BCUT2D eigenvalue weighted by Gasteiger charge is 2.19. The van der Waals surface area contributed by atoms with Gasteiger partial charge in [-0.3, -0.25) is 18.9 Å². The summed E-state index contributed by atoms with van der Waals surface area (Å²) in [6.07, 6.45) is 3.33. The molecule has 0 aliphatic heterocycles. The fourth-order valence-electron chi connectivity index (χ4n) is 4.60. The highest BCUT2D eigenvalue weighted by molar-refractivity contribution is 5.95. The van der Waals surface area contributed by atoms with Crippen LogP contribution in [-0.2, 0) is 20.6 Å². The van der Waals surface area contributed by atoms with Gasteiger partial charge in [0, 0.05) is 48.8 Å². The van der Waals surface area contributed by atoms with Gasteiger partial charge < -0.3 is 14.9 Å². The first kappa shape index (κ1) is 21.6. The van der Waals surface area contributed by atoms with Gasteiger partial charge in [0.25, 0.3) is 5.56 Å². The minimum Gasteiger partial charge on any atom is -0.357 e. The standard InChI is InChI=1S/C27H23N7O2/c1-32-23-24(31-26(32)30-18-11-13-28-14-12-18)33(2)27(36)34(25(23)35)16-19-15-21-20(9-6-10-22(21)29-19)17-7-4-3-5-8-17/h3-15,29H,16H2,1-2H3,(H,28,30,31). The molecule has 0 atom stereocenters. The second-order valence-corrected chi connectivity index (χ2v) is 8.69. The summed E-state index contributed by atoms with van der Waals surface area (Å²) >= 11 is 0. The number of benzene rings is 2. The molecule has 36 heavy (non-hydrogen) atoms. The highest BCUT2D eigenvalue weighted by atomic mass is 16.2. The first-order valence-electron chi connectivity index (χ1n) is 11.5. The van der Waals surface area contributed by atoms with E-state index in [0.717, 1.165) is 33.4 Å². The lowest BCUT2D eigenvalue weighted by Crippen LogP contribution is -2.39. The average molecular weight is 478 g/mol. The average Bonchev–Trinajstić information content (AvgIpc) is 3.47. The van der Waals surface area contributed by atoms with Gasteiger partial charge in [0.15, 0.2) is 11.2 Å². The summed E-state index contributed by atoms with van der Waals surface area (Å²) in [5.74, 6) is 0.458. The maximum atomic E-state index is 13.5. The van der Waals surface area contributed by atoms with E-state index in [4.69, 9.17) is 0 Å². The number of hydrogen-bond donors (Lipinski definition) is 2. The molecule has 0 saturated carbocycles. The van der Waals surface area contributed by atoms with E-state index in [1.165, 1.54) is 9.13 Å². The minimum atomic E-state index is -0.428. The number of fused-ring (bicyclic) bond motifs is 2. The number of hydrogen-bond acceptors (Lipinski definition) is 5. The molecule has 2 N–H and O–H groups in total. The molecular weight excluding hydrogens is 454 g/mol. The molecule has 4 heterocycles. The van der Waals surface area contributed by atoms with Gasteiger partial charge in [-0.15, -0.1) is 0 Å². The second kappa shape index (κ2) is 8.38. The van der Waals surface area contributed by atoms with Gasteiger partial charge in [0.05, 0.1) is 6.54 Å². The Labute approximate surface area is 205 Å². The lowest BCUT2D eigenvalue weighted by atomic mass is 10.0. The van der Waals surface area contributed by atoms with Gasteiger partial charge in [0.2, 0.25) is 5.95 Å². The molecule has 2 aromatic carbocycles. The Balaban J connectivity index is 1.44. The lowest BCUT2D eigenvalue weighted by molar-refractivity contribution is 0.648. The molecule has 9 heteroatoms. The number of nitrogens with zero attached hydrogens (tertiary/aromatic N) is 5. The topological polar surface area (TPSA) is 103 Å². The zero-order valence-electron chi connectivity index (χ0n) is 19.8. The number of aromatic amines is 1. The monoisotopic (exact) mass is 477 g/mol. The predicted molar refractivity (Wildman–Crippen MR) is 141 cm³/mol. The van der Waals surface area contributed by atoms with Crippen molar-refractivity contribution in [3.8, 4) is 11.1 Å². The molecule has 0 aliphatic carbocycles. The van der Waals surface area contributed by atoms with Crippen molar-refractivity contribution in [1.29, 1.82) is 0 Å². The third kappa shape index (κ3) is 3.49. The molecule has 6 rings (SSSR count). The van der Waals surface area contributed by atoms with Gasteiger partial charge in [-0.05, 0) is 35.4 Å². The Hall–Kier alpha value is -4.92. The third-order valence-corrected chi connectivity index (χ3v) is 6.43. The van der Waals surface area contributed by atoms with E-state index >= 15 is 0 Å². The van der Waals surface area contributed by atoms with Gasteiger partial charge >= 0.3 is 5.69 Å². The summed E-state index contributed by atoms with van der Waals surface area (Å²) in [5.41, 5.74) is 4.53. The number of rotatable bonds is 5. The molecule has 9 nitrogen and oxygen atoms in total. The van der Waals surface area contributed by atoms with Crippen LogP contribution in [0.2, 0.25) is 0 Å². The Morgan fingerprint density at radius 2 is 1.69 bits per heavy atom. The van der Waals surface area contributed by atoms with Crippen LogP contribution >= 0.6 is 0 Å². The third-order valence-electron chi connectivity index (χ3n) is 6.43. The van der Waals surface area contributed by atoms with E-state index in [9.17, 15) is 9.59 Å². The fraction of sp³-hybridized carbons (Fsp3) is 0.111. The summed E-state index contributed by atoms with van der Waals surface area (Å²) in [5, 5.41) is 4.22. The first-order chi connectivity index (χ1) is 17.5. The smallest absolute Gasteiger partial charge is 0.332 e. The molecule has 0 saturated heterocycles. The molecule has 4 aromatic heterocycles. The maximum Gasteiger partial charge on any atom is 0.332 e. The van der Waals surface area contributed by atoms with E-state index in [0.29, 0.717) is 17.1 Å². The van der Waals surface area contributed by atoms with Gasteiger partial charge in [-0.25, -0.2) is 4.79 Å². The number of anilines is 2. The quantitative estimate of drug-likeness (QED) is 0.394. The number of aryl methyl sites for hydroxylation is 2. The van der Waals surface area contributed by atoms with Crippen LogP contribution in [-0.4, -0.2) is 28.7 Å². The summed E-state index contributed by atoms with van der Waals surface area (Å²) in [6.45, 7) is 0.114. The van der Waals surface area contributed by atoms with Crippen LogP contribution in [0, 0.1) is 0 Å². The number of aromatic nitrogens is 6. The van der Waals surface area contributed by atoms with Crippen LogP contribution in [0.25, 0.3) is 33.2 Å². The molecular formula is C27H23N7O2. The molecule has 6 aromatic rings. The van der Waals surface area contributed by atoms with Gasteiger partial charge in [-0.1, -0.05) is 42.5 Å². The molecule has 0 aliphatic rings. The summed E-state index contributed by atoms with van der Waals surface area (Å²) in [4.78, 5) is 38.7. The summed E-state index contributed by atoms with van der Waals surface area (Å²) in [6, 6.07) is 21.8. The van der Waals surface area contributed by atoms with E-state index in [1.54, 1.807) is 43.2 Å². The molecule has 0 amide bonds. The molecule has 0 radical (unpaired) electrons. The summed E-state index contributed by atoms with van der Waals surface area (Å²) in [7, 11) is 3.38. The van der Waals surface area contributed by atoms with Crippen molar-refractivity contribution in [2.24, 2.45) is 14.1 Å². The van der Waals surface area contributed by atoms with Gasteiger partial charge in [-0.2, -0.15) is 4.98 Å². The SMILES string of the molecule is Cn1c(Nc2ccncc2)nc2c1c(=O)n(Cc1cc3c(-c4ccccc4)cccc3[nH]1)c(=O)n2C. The van der Waals surface area contributed by atoms with Crippen LogP contribution in [0.15, 0.2) is 88.7 Å². The zero-order valence-corrected chi connectivity index (χ0v) is 19.8. The largest absolute Gasteiger partial charge is 0.357 e. The van der Waals surface area contributed by atoms with E-state index in [-0.39, 0.29) is 6.54 Å². The van der Waals surface area contributed by atoms with Crippen LogP contribution in [0.4, 0.5) is 11.6 Å². The number of pyridine rings is 1. The Bertz CT molecular complexity index is 1840. The van der Waals surface area contributed by atoms with Crippen molar-refractivity contribution in [1.82, 2.24) is 28.7 Å². The van der Waals surface area contributed by atoms with Crippen molar-refractivity contribution in [3.05, 3.63) is 106 Å².